The Balaban J connectivity index is 3.26. The molecular weight excluding hydrogens is 670 g/mol. The van der Waals surface area contributed by atoms with Gasteiger partial charge in [-0.15, -0.1) is 0 Å². The van der Waals surface area contributed by atoms with Crippen molar-refractivity contribution >= 4 is 35.8 Å². The molecule has 1 amide bonds. The van der Waals surface area contributed by atoms with Crippen LogP contribution in [0, 0.1) is 11.3 Å². The molecule has 0 aliphatic carbocycles. The van der Waals surface area contributed by atoms with E-state index in [4.69, 9.17) is 48.2 Å². The molecule has 0 aromatic rings. The first-order valence-corrected chi connectivity index (χ1v) is 15.5. The van der Waals surface area contributed by atoms with Gasteiger partial charge in [-0.2, -0.15) is 5.26 Å². The highest BCUT2D eigenvalue weighted by Gasteiger charge is 2.55. The third-order valence-corrected chi connectivity index (χ3v) is 6.21. The number of esters is 5. The Labute approximate surface area is 288 Å². The van der Waals surface area contributed by atoms with Gasteiger partial charge in [0.05, 0.1) is 58.5 Å². The SMILES string of the molecule is CC(=O)OCC(=O)N[C@H]1[C@H]([C@H](OC(C)=O)[C@@H](CN=[N+]=[N-])OC(C)=O)O[C@](C#N)(OCCOCCOCCC(=O)OC(C)(C)C)C[C@@H]1OC(C)=O. The summed E-state index contributed by atoms with van der Waals surface area (Å²) in [5.74, 6) is -6.96. The van der Waals surface area contributed by atoms with Crippen LogP contribution >= 0.6 is 0 Å². The maximum absolute atomic E-state index is 12.8. The van der Waals surface area contributed by atoms with Crippen LogP contribution in [-0.4, -0.2) is 124 Å². The van der Waals surface area contributed by atoms with Gasteiger partial charge in [-0.25, -0.2) is 0 Å². The molecule has 20 nitrogen and oxygen atoms in total. The fourth-order valence-electron chi connectivity index (χ4n) is 4.53. The molecule has 0 saturated carbocycles. The lowest BCUT2D eigenvalue weighted by Crippen LogP contribution is -2.67. The van der Waals surface area contributed by atoms with Gasteiger partial charge >= 0.3 is 29.8 Å². The predicted octanol–water partition coefficient (Wildman–Crippen LogP) is 0.930. The number of nitriles is 1. The van der Waals surface area contributed by atoms with Crippen LogP contribution in [0.15, 0.2) is 5.11 Å². The van der Waals surface area contributed by atoms with E-state index in [0.717, 1.165) is 27.7 Å². The molecule has 280 valence electrons. The predicted molar refractivity (Wildman–Crippen MR) is 165 cm³/mol. The van der Waals surface area contributed by atoms with Crippen LogP contribution in [0.4, 0.5) is 0 Å². The summed E-state index contributed by atoms with van der Waals surface area (Å²) in [7, 11) is 0. The van der Waals surface area contributed by atoms with E-state index in [9.17, 15) is 34.0 Å². The highest BCUT2D eigenvalue weighted by Crippen LogP contribution is 2.36. The van der Waals surface area contributed by atoms with Crippen molar-refractivity contribution in [3.63, 3.8) is 0 Å². The summed E-state index contributed by atoms with van der Waals surface area (Å²) >= 11 is 0. The summed E-state index contributed by atoms with van der Waals surface area (Å²) in [5.41, 5.74) is 8.33. The number of nitrogens with zero attached hydrogens (tertiary/aromatic N) is 4. The second kappa shape index (κ2) is 21.5. The van der Waals surface area contributed by atoms with Crippen LogP contribution in [0.2, 0.25) is 0 Å². The monoisotopic (exact) mass is 715 g/mol. The van der Waals surface area contributed by atoms with Gasteiger partial charge in [0.1, 0.15) is 30.0 Å². The van der Waals surface area contributed by atoms with Crippen LogP contribution in [0.1, 0.15) is 61.3 Å². The lowest BCUT2D eigenvalue weighted by atomic mass is 9.88. The number of azide groups is 1. The van der Waals surface area contributed by atoms with E-state index in [1.165, 1.54) is 0 Å². The van der Waals surface area contributed by atoms with E-state index in [2.05, 4.69) is 15.3 Å². The van der Waals surface area contributed by atoms with Crippen LogP contribution in [0.25, 0.3) is 10.4 Å². The molecule has 20 heteroatoms. The molecule has 1 fully saturated rings. The summed E-state index contributed by atoms with van der Waals surface area (Å²) in [5, 5.41) is 16.2. The lowest BCUT2D eigenvalue weighted by molar-refractivity contribution is -0.296. The van der Waals surface area contributed by atoms with Gasteiger partial charge in [-0.05, 0) is 26.3 Å². The quantitative estimate of drug-likeness (QED) is 0.0458. The fourth-order valence-corrected chi connectivity index (χ4v) is 4.53. The van der Waals surface area contributed by atoms with Gasteiger partial charge in [-0.3, -0.25) is 28.8 Å². The van der Waals surface area contributed by atoms with Crippen molar-refractivity contribution in [3.05, 3.63) is 10.4 Å². The van der Waals surface area contributed by atoms with Crippen molar-refractivity contribution < 1.29 is 71.4 Å². The second-order valence-electron chi connectivity index (χ2n) is 11.7. The Morgan fingerprint density at radius 1 is 0.960 bits per heavy atom. The van der Waals surface area contributed by atoms with Gasteiger partial charge in [0.15, 0.2) is 12.7 Å². The standard InChI is InChI=1S/C30H45N5O15/c1-18(36)44-16-24(40)34-26-22(46-19(2)37)14-30(17-31,45-13-12-43-11-10-42-9-8-25(41)49-29(5,6)7)50-28(26)27(48-21(4)39)23(15-33-35-32)47-20(3)38/h22-23,26-28H,8-16H2,1-7H3,(H,34,40)/t22-,23+,26+,27+,28+,30+/m0/s1. The lowest BCUT2D eigenvalue weighted by Gasteiger charge is -2.47. The van der Waals surface area contributed by atoms with Gasteiger partial charge in [-0.1, -0.05) is 5.11 Å². The minimum atomic E-state index is -2.23. The molecule has 0 spiro atoms. The van der Waals surface area contributed by atoms with E-state index in [0.29, 0.717) is 0 Å². The minimum absolute atomic E-state index is 0.0494. The Bertz CT molecular complexity index is 1270. The molecule has 1 N–H and O–H groups in total. The second-order valence-corrected chi connectivity index (χ2v) is 11.7. The van der Waals surface area contributed by atoms with Crippen molar-refractivity contribution in [2.24, 2.45) is 5.11 Å². The van der Waals surface area contributed by atoms with Crippen LogP contribution in [-0.2, 0) is 71.4 Å². The number of ether oxygens (including phenoxy) is 9. The van der Waals surface area contributed by atoms with Gasteiger partial charge in [0.25, 0.3) is 11.7 Å². The van der Waals surface area contributed by atoms with Crippen LogP contribution < -0.4 is 5.32 Å². The van der Waals surface area contributed by atoms with Gasteiger partial charge < -0.3 is 47.9 Å². The molecule has 0 bridgehead atoms. The number of hydrogen-bond donors (Lipinski definition) is 1. The van der Waals surface area contributed by atoms with E-state index >= 15 is 0 Å². The molecule has 1 saturated heterocycles. The molecular formula is C30H45N5O15. The Hall–Kier alpha value is -4.54. The highest BCUT2D eigenvalue weighted by atomic mass is 16.7. The molecule has 1 aliphatic rings. The fraction of sp³-hybridized carbons (Fsp3) is 0.767. The summed E-state index contributed by atoms with van der Waals surface area (Å²) in [6.45, 7) is 8.04. The van der Waals surface area contributed by atoms with E-state index < -0.39 is 97.2 Å². The summed E-state index contributed by atoms with van der Waals surface area (Å²) in [6.07, 6.45) is -6.74. The smallest absolute Gasteiger partial charge is 0.308 e. The Morgan fingerprint density at radius 3 is 2.12 bits per heavy atom. The Kier molecular flexibility index (Phi) is 18.7. The highest BCUT2D eigenvalue weighted by molar-refractivity contribution is 5.80. The van der Waals surface area contributed by atoms with Crippen LogP contribution in [0.5, 0.6) is 0 Å². The normalized spacial score (nSPS) is 21.2. The van der Waals surface area contributed by atoms with E-state index in [1.54, 1.807) is 20.8 Å². The largest absolute Gasteiger partial charge is 0.460 e. The molecule has 50 heavy (non-hydrogen) atoms. The van der Waals surface area contributed by atoms with Crippen molar-refractivity contribution in [2.45, 2.75) is 103 Å². The average Bonchev–Trinajstić information content (AvgIpc) is 2.99. The molecule has 1 heterocycles. The zero-order valence-electron chi connectivity index (χ0n) is 29.2. The van der Waals surface area contributed by atoms with E-state index in [-0.39, 0.29) is 39.5 Å². The molecule has 1 aliphatic heterocycles. The molecule has 1 rings (SSSR count). The van der Waals surface area contributed by atoms with Crippen molar-refractivity contribution in [2.75, 3.05) is 46.2 Å². The molecule has 0 unspecified atom stereocenters. The maximum atomic E-state index is 12.8. The number of carbonyl (C=O) groups is 6. The van der Waals surface area contributed by atoms with Crippen molar-refractivity contribution in [1.29, 1.82) is 5.26 Å². The third-order valence-electron chi connectivity index (χ3n) is 6.21. The zero-order valence-corrected chi connectivity index (χ0v) is 29.2. The number of amides is 1. The molecule has 0 radical (unpaired) electrons. The molecule has 6 atom stereocenters. The summed E-state index contributed by atoms with van der Waals surface area (Å²) < 4.78 is 48.8. The van der Waals surface area contributed by atoms with Crippen molar-refractivity contribution in [3.8, 4) is 6.07 Å². The average molecular weight is 716 g/mol. The Morgan fingerprint density at radius 2 is 1.58 bits per heavy atom. The van der Waals surface area contributed by atoms with E-state index in [1.807, 2.05) is 6.07 Å². The minimum Gasteiger partial charge on any atom is -0.460 e. The first-order valence-electron chi connectivity index (χ1n) is 15.5. The van der Waals surface area contributed by atoms with Gasteiger partial charge in [0, 0.05) is 32.6 Å². The number of hydrogen-bond acceptors (Lipinski definition) is 17. The van der Waals surface area contributed by atoms with Gasteiger partial charge in [0.2, 0.25) is 0 Å². The first kappa shape index (κ1) is 43.5. The first-order chi connectivity index (χ1) is 23.4. The summed E-state index contributed by atoms with van der Waals surface area (Å²) in [4.78, 5) is 75.1. The number of rotatable bonds is 20. The molecule has 0 aromatic carbocycles. The van der Waals surface area contributed by atoms with Crippen LogP contribution in [0.3, 0.4) is 0 Å². The third kappa shape index (κ3) is 17.2. The molecule has 0 aromatic heterocycles. The number of carbonyl (C=O) groups excluding carboxylic acids is 6. The topological polar surface area (TPSA) is 270 Å². The number of nitrogens with one attached hydrogen (secondary N) is 1. The maximum Gasteiger partial charge on any atom is 0.308 e. The van der Waals surface area contributed by atoms with Crippen molar-refractivity contribution in [1.82, 2.24) is 5.32 Å². The summed E-state index contributed by atoms with van der Waals surface area (Å²) in [6, 6.07) is 0.434. The zero-order chi connectivity index (χ0) is 37.9.